The fourth-order valence-corrected chi connectivity index (χ4v) is 1.15. The van der Waals surface area contributed by atoms with Crippen molar-refractivity contribution in [3.8, 4) is 17.1 Å². The minimum absolute atomic E-state index is 0.0613. The summed E-state index contributed by atoms with van der Waals surface area (Å²) in [7, 11) is 0. The highest BCUT2D eigenvalue weighted by molar-refractivity contribution is 5.56. The monoisotopic (exact) mass is 207 g/mol. The van der Waals surface area contributed by atoms with Crippen molar-refractivity contribution in [2.24, 2.45) is 5.90 Å². The van der Waals surface area contributed by atoms with Crippen LogP contribution in [0.25, 0.3) is 11.4 Å². The maximum atomic E-state index is 9.25. The maximum Gasteiger partial charge on any atom is 0.255 e. The minimum atomic E-state index is 0.0613. The zero-order valence-corrected chi connectivity index (χ0v) is 7.75. The van der Waals surface area contributed by atoms with Gasteiger partial charge < -0.3 is 9.63 Å². The summed E-state index contributed by atoms with van der Waals surface area (Å²) in [5.74, 6) is 5.69. The van der Waals surface area contributed by atoms with E-state index in [9.17, 15) is 5.11 Å². The quantitative estimate of drug-likeness (QED) is 0.724. The molecule has 0 aliphatic carbocycles. The largest absolute Gasteiger partial charge is 0.508 e. The van der Waals surface area contributed by atoms with Crippen LogP contribution in [0.1, 0.15) is 5.89 Å². The molecule has 78 valence electrons. The average molecular weight is 207 g/mol. The molecule has 1 aromatic carbocycles. The summed E-state index contributed by atoms with van der Waals surface area (Å²) in [6.45, 7) is 0.0613. The fraction of sp³-hybridized carbons (Fsp3) is 0.111. The molecule has 0 spiro atoms. The number of hydrogen-bond acceptors (Lipinski definition) is 6. The molecule has 15 heavy (non-hydrogen) atoms. The first-order chi connectivity index (χ1) is 7.29. The Bertz CT molecular complexity index is 455. The number of aromatic nitrogens is 2. The van der Waals surface area contributed by atoms with Crippen molar-refractivity contribution in [3.63, 3.8) is 0 Å². The molecule has 6 nitrogen and oxygen atoms in total. The molecule has 2 rings (SSSR count). The van der Waals surface area contributed by atoms with Gasteiger partial charge in [-0.05, 0) is 12.1 Å². The zero-order valence-electron chi connectivity index (χ0n) is 7.75. The number of benzene rings is 1. The number of nitrogens with zero attached hydrogens (tertiary/aromatic N) is 2. The number of phenols is 1. The summed E-state index contributed by atoms with van der Waals surface area (Å²) in [5, 5.41) is 13.0. The normalized spacial score (nSPS) is 10.5. The second kappa shape index (κ2) is 4.07. The van der Waals surface area contributed by atoms with Crippen molar-refractivity contribution in [3.05, 3.63) is 30.2 Å². The van der Waals surface area contributed by atoms with E-state index in [4.69, 9.17) is 10.4 Å². The van der Waals surface area contributed by atoms with Gasteiger partial charge in [0.1, 0.15) is 12.4 Å². The molecule has 0 aliphatic rings. The van der Waals surface area contributed by atoms with Crippen LogP contribution in [-0.4, -0.2) is 15.2 Å². The van der Waals surface area contributed by atoms with E-state index in [1.807, 2.05) is 0 Å². The molecular formula is C9H9N3O3. The molecule has 0 bridgehead atoms. The van der Waals surface area contributed by atoms with Gasteiger partial charge in [0.25, 0.3) is 5.89 Å². The third kappa shape index (κ3) is 2.12. The molecule has 0 fully saturated rings. The summed E-state index contributed by atoms with van der Waals surface area (Å²) in [6.07, 6.45) is 0. The number of hydrogen-bond donors (Lipinski definition) is 2. The van der Waals surface area contributed by atoms with Crippen molar-refractivity contribution in [1.29, 1.82) is 0 Å². The third-order valence-electron chi connectivity index (χ3n) is 1.78. The Kier molecular flexibility index (Phi) is 2.61. The lowest BCUT2D eigenvalue weighted by atomic mass is 10.2. The predicted octanol–water partition coefficient (Wildman–Crippen LogP) is 0.832. The van der Waals surface area contributed by atoms with Crippen molar-refractivity contribution < 1.29 is 14.5 Å². The Balaban J connectivity index is 2.29. The van der Waals surface area contributed by atoms with E-state index in [1.54, 1.807) is 18.2 Å². The minimum Gasteiger partial charge on any atom is -0.508 e. The lowest BCUT2D eigenvalue weighted by Crippen LogP contribution is -1.98. The van der Waals surface area contributed by atoms with E-state index in [0.29, 0.717) is 11.4 Å². The van der Waals surface area contributed by atoms with Crippen LogP contribution in [0.4, 0.5) is 0 Å². The highest BCUT2D eigenvalue weighted by Gasteiger charge is 2.08. The number of rotatable bonds is 3. The Morgan fingerprint density at radius 2 is 2.33 bits per heavy atom. The highest BCUT2D eigenvalue weighted by atomic mass is 16.6. The van der Waals surface area contributed by atoms with Gasteiger partial charge in [0.05, 0.1) is 0 Å². The van der Waals surface area contributed by atoms with Crippen LogP contribution in [0, 0.1) is 0 Å². The number of aromatic hydroxyl groups is 1. The Hall–Kier alpha value is -1.92. The van der Waals surface area contributed by atoms with Crippen LogP contribution in [-0.2, 0) is 11.4 Å². The van der Waals surface area contributed by atoms with Gasteiger partial charge in [-0.25, -0.2) is 5.90 Å². The molecule has 0 radical (unpaired) electrons. The summed E-state index contributed by atoms with van der Waals surface area (Å²) < 4.78 is 4.85. The number of phenolic OH excluding ortho intramolecular Hbond substituents is 1. The van der Waals surface area contributed by atoms with E-state index in [-0.39, 0.29) is 18.2 Å². The van der Waals surface area contributed by atoms with Crippen LogP contribution < -0.4 is 5.90 Å². The Morgan fingerprint density at radius 3 is 3.07 bits per heavy atom. The molecule has 0 saturated carbocycles. The fourth-order valence-electron chi connectivity index (χ4n) is 1.15. The van der Waals surface area contributed by atoms with Crippen LogP contribution in [0.3, 0.4) is 0 Å². The van der Waals surface area contributed by atoms with Gasteiger partial charge >= 0.3 is 0 Å². The Morgan fingerprint density at radius 1 is 1.47 bits per heavy atom. The summed E-state index contributed by atoms with van der Waals surface area (Å²) >= 11 is 0. The molecule has 3 N–H and O–H groups in total. The zero-order chi connectivity index (χ0) is 10.7. The van der Waals surface area contributed by atoms with Gasteiger partial charge in [-0.3, -0.25) is 4.84 Å². The second-order valence-electron chi connectivity index (χ2n) is 2.87. The molecule has 1 heterocycles. The molecule has 0 atom stereocenters. The topological polar surface area (TPSA) is 94.4 Å². The van der Waals surface area contributed by atoms with Crippen molar-refractivity contribution >= 4 is 0 Å². The van der Waals surface area contributed by atoms with E-state index >= 15 is 0 Å². The van der Waals surface area contributed by atoms with Crippen LogP contribution >= 0.6 is 0 Å². The first kappa shape index (κ1) is 9.63. The predicted molar refractivity (Wildman–Crippen MR) is 50.4 cm³/mol. The van der Waals surface area contributed by atoms with Crippen molar-refractivity contribution in [1.82, 2.24) is 10.1 Å². The summed E-state index contributed by atoms with van der Waals surface area (Å²) in [5.41, 5.74) is 0.669. The third-order valence-corrected chi connectivity index (χ3v) is 1.78. The standard InChI is InChI=1S/C9H9N3O3/c10-14-5-8-11-9(12-15-8)6-2-1-3-7(13)4-6/h1-4,13H,5,10H2. The first-order valence-corrected chi connectivity index (χ1v) is 4.23. The summed E-state index contributed by atoms with van der Waals surface area (Å²) in [6, 6.07) is 6.56. The van der Waals surface area contributed by atoms with Crippen molar-refractivity contribution in [2.45, 2.75) is 6.61 Å². The van der Waals surface area contributed by atoms with Gasteiger partial charge in [-0.15, -0.1) is 0 Å². The lowest BCUT2D eigenvalue weighted by Gasteiger charge is -1.94. The molecule has 0 unspecified atom stereocenters. The van der Waals surface area contributed by atoms with Gasteiger partial charge in [0, 0.05) is 5.56 Å². The first-order valence-electron chi connectivity index (χ1n) is 4.23. The molecule has 1 aromatic heterocycles. The van der Waals surface area contributed by atoms with E-state index in [1.165, 1.54) is 6.07 Å². The van der Waals surface area contributed by atoms with E-state index in [2.05, 4.69) is 15.0 Å². The van der Waals surface area contributed by atoms with Gasteiger partial charge in [-0.2, -0.15) is 4.98 Å². The van der Waals surface area contributed by atoms with Crippen molar-refractivity contribution in [2.75, 3.05) is 0 Å². The van der Waals surface area contributed by atoms with Crippen LogP contribution in [0.15, 0.2) is 28.8 Å². The maximum absolute atomic E-state index is 9.25. The molecule has 2 aromatic rings. The molecule has 6 heteroatoms. The van der Waals surface area contributed by atoms with Gasteiger partial charge in [0.15, 0.2) is 0 Å². The second-order valence-corrected chi connectivity index (χ2v) is 2.87. The van der Waals surface area contributed by atoms with Crippen LogP contribution in [0.2, 0.25) is 0 Å². The molecule has 0 amide bonds. The van der Waals surface area contributed by atoms with Gasteiger partial charge in [-0.1, -0.05) is 17.3 Å². The average Bonchev–Trinajstić information content (AvgIpc) is 2.67. The van der Waals surface area contributed by atoms with Gasteiger partial charge in [0.2, 0.25) is 5.82 Å². The molecule has 0 saturated heterocycles. The highest BCUT2D eigenvalue weighted by Crippen LogP contribution is 2.20. The summed E-state index contributed by atoms with van der Waals surface area (Å²) in [4.78, 5) is 8.37. The number of nitrogens with two attached hydrogens (primary N) is 1. The van der Waals surface area contributed by atoms with E-state index in [0.717, 1.165) is 0 Å². The molecule has 0 aliphatic heterocycles. The SMILES string of the molecule is NOCc1nc(-c2cccc(O)c2)no1. The smallest absolute Gasteiger partial charge is 0.255 e. The molecular weight excluding hydrogens is 198 g/mol. The van der Waals surface area contributed by atoms with Crippen LogP contribution in [0.5, 0.6) is 5.75 Å². The van der Waals surface area contributed by atoms with E-state index < -0.39 is 0 Å². The Labute approximate surface area is 85.2 Å². The lowest BCUT2D eigenvalue weighted by molar-refractivity contribution is 0.0996.